The molecule has 5 aliphatic rings. The third kappa shape index (κ3) is 7.89. The van der Waals surface area contributed by atoms with Crippen molar-refractivity contribution < 1.29 is 28.7 Å². The van der Waals surface area contributed by atoms with Crippen LogP contribution in [0.25, 0.3) is 10.9 Å². The average molecular weight is 809 g/mol. The normalized spacial score (nSPS) is 22.7. The van der Waals surface area contributed by atoms with Crippen LogP contribution >= 0.6 is 0 Å². The summed E-state index contributed by atoms with van der Waals surface area (Å²) >= 11 is 0. The number of piperazine rings is 1. The van der Waals surface area contributed by atoms with Gasteiger partial charge in [-0.05, 0) is 118 Å². The Bertz CT molecular complexity index is 2370. The van der Waals surface area contributed by atoms with E-state index in [-0.39, 0.29) is 30.9 Å². The van der Waals surface area contributed by atoms with E-state index in [1.807, 2.05) is 36.4 Å². The van der Waals surface area contributed by atoms with Crippen LogP contribution in [0.2, 0.25) is 0 Å². The number of carbonyl (C=O) groups excluding carboxylic acids is 5. The number of anilines is 2. The van der Waals surface area contributed by atoms with Crippen molar-refractivity contribution in [1.82, 2.24) is 25.4 Å². The Balaban J connectivity index is 0.701. The number of ether oxygens (including phenoxy) is 1. The first kappa shape index (κ1) is 39.1. The molecule has 0 spiro atoms. The SMILES string of the molecule is N#Cc1ccc(O[C@H]2CC[C@H](NC(=O)c3ccc(N4CCC(CN5CCN(c6ccc7c(c6)C(=O)N(C6CCC(=O)NC6=O)C7=O)CC5)CC4)cc3)CC2)c2cccnc12. The zero-order valence-electron chi connectivity index (χ0n) is 33.5. The highest BCUT2D eigenvalue weighted by molar-refractivity contribution is 6.23. The third-order valence-electron chi connectivity index (χ3n) is 12.9. The smallest absolute Gasteiger partial charge is 0.262 e. The summed E-state index contributed by atoms with van der Waals surface area (Å²) in [5, 5.41) is 15.8. The van der Waals surface area contributed by atoms with Gasteiger partial charge in [-0.1, -0.05) is 0 Å². The Morgan fingerprint density at radius 3 is 2.25 bits per heavy atom. The van der Waals surface area contributed by atoms with E-state index in [2.05, 4.69) is 48.5 Å². The highest BCUT2D eigenvalue weighted by Crippen LogP contribution is 2.33. The molecule has 14 heteroatoms. The lowest BCUT2D eigenvalue weighted by atomic mass is 9.92. The number of carbonyl (C=O) groups is 5. The molecule has 3 aromatic carbocycles. The van der Waals surface area contributed by atoms with Gasteiger partial charge in [-0.25, -0.2) is 0 Å². The van der Waals surface area contributed by atoms with Crippen molar-refractivity contribution in [3.05, 3.63) is 95.2 Å². The highest BCUT2D eigenvalue weighted by Gasteiger charge is 2.45. The van der Waals surface area contributed by atoms with Crippen molar-refractivity contribution in [1.29, 1.82) is 5.26 Å². The van der Waals surface area contributed by atoms with E-state index in [1.165, 1.54) is 0 Å². The van der Waals surface area contributed by atoms with Gasteiger partial charge in [0.15, 0.2) is 0 Å². The maximum atomic E-state index is 13.3. The molecule has 0 radical (unpaired) electrons. The number of nitrogens with zero attached hydrogens (tertiary/aromatic N) is 6. The molecule has 0 bridgehead atoms. The van der Waals surface area contributed by atoms with Crippen LogP contribution in [0.1, 0.15) is 88.0 Å². The summed E-state index contributed by atoms with van der Waals surface area (Å²) in [5.74, 6) is -0.680. The second-order valence-corrected chi connectivity index (χ2v) is 16.6. The van der Waals surface area contributed by atoms with Crippen LogP contribution in [0.5, 0.6) is 5.75 Å². The number of piperidine rings is 2. The molecule has 60 heavy (non-hydrogen) atoms. The van der Waals surface area contributed by atoms with E-state index < -0.39 is 29.7 Å². The predicted molar refractivity (Wildman–Crippen MR) is 224 cm³/mol. The Morgan fingerprint density at radius 2 is 1.52 bits per heavy atom. The van der Waals surface area contributed by atoms with Gasteiger partial charge in [0.05, 0.1) is 28.3 Å². The summed E-state index contributed by atoms with van der Waals surface area (Å²) in [7, 11) is 0. The number of aromatic nitrogens is 1. The standard InChI is InChI=1S/C46H48N8O6/c47-27-31-5-15-40(37-2-1-19-48-42(31)37)60-35-11-6-32(7-12-35)49-43(56)30-3-8-33(9-4-30)52-20-17-29(18-21-52)28-51-22-24-53(25-23-51)34-10-13-36-38(26-34)46(59)54(45(36)58)39-14-16-41(55)50-44(39)57/h1-5,8-10,13,15,19,26,29,32,35,39H,6-7,11-12,14,16-18,20-25,28H2,(H,49,56)(H,50,55,57)/t32-,35-,39?. The fraction of sp³-hybridized carbons (Fsp3) is 0.413. The quantitative estimate of drug-likeness (QED) is 0.226. The molecule has 5 amide bonds. The number of nitrogens with one attached hydrogen (secondary N) is 2. The summed E-state index contributed by atoms with van der Waals surface area (Å²) in [6.45, 7) is 6.39. The number of amides is 5. The molecule has 3 saturated heterocycles. The van der Waals surface area contributed by atoms with Gasteiger partial charge in [0.1, 0.15) is 17.9 Å². The first-order valence-electron chi connectivity index (χ1n) is 21.2. The van der Waals surface area contributed by atoms with E-state index in [4.69, 9.17) is 4.74 Å². The summed E-state index contributed by atoms with van der Waals surface area (Å²) in [6, 6.07) is 22.0. The van der Waals surface area contributed by atoms with Crippen molar-refractivity contribution in [3.63, 3.8) is 0 Å². The minimum absolute atomic E-state index is 0.0392. The van der Waals surface area contributed by atoms with E-state index in [1.54, 1.807) is 24.4 Å². The number of rotatable bonds is 9. The first-order chi connectivity index (χ1) is 29.2. The van der Waals surface area contributed by atoms with Crippen LogP contribution in [0, 0.1) is 17.2 Å². The number of pyridine rings is 1. The second-order valence-electron chi connectivity index (χ2n) is 16.6. The summed E-state index contributed by atoms with van der Waals surface area (Å²) in [6.07, 6.45) is 7.47. The Hall–Kier alpha value is -6.33. The van der Waals surface area contributed by atoms with Gasteiger partial charge in [-0.2, -0.15) is 5.26 Å². The number of nitriles is 1. The molecule has 1 saturated carbocycles. The van der Waals surface area contributed by atoms with Gasteiger partial charge in [0, 0.05) is 86.8 Å². The lowest BCUT2D eigenvalue weighted by molar-refractivity contribution is -0.136. The van der Waals surface area contributed by atoms with Gasteiger partial charge in [-0.15, -0.1) is 0 Å². The molecule has 1 unspecified atom stereocenters. The number of hydrogen-bond acceptors (Lipinski definition) is 11. The van der Waals surface area contributed by atoms with Crippen molar-refractivity contribution in [3.8, 4) is 11.8 Å². The van der Waals surface area contributed by atoms with Crippen LogP contribution in [-0.2, 0) is 9.59 Å². The Labute approximate surface area is 348 Å². The summed E-state index contributed by atoms with van der Waals surface area (Å²) in [5.41, 5.74) is 4.48. The molecule has 5 heterocycles. The second kappa shape index (κ2) is 16.7. The van der Waals surface area contributed by atoms with Crippen LogP contribution in [0.4, 0.5) is 11.4 Å². The van der Waals surface area contributed by atoms with Crippen LogP contribution in [0.3, 0.4) is 0 Å². The number of imide groups is 2. The summed E-state index contributed by atoms with van der Waals surface area (Å²) < 4.78 is 6.37. The first-order valence-corrected chi connectivity index (χ1v) is 21.2. The van der Waals surface area contributed by atoms with E-state index in [0.717, 1.165) is 112 Å². The van der Waals surface area contributed by atoms with Crippen LogP contribution < -0.4 is 25.2 Å². The summed E-state index contributed by atoms with van der Waals surface area (Å²) in [4.78, 5) is 76.3. The maximum Gasteiger partial charge on any atom is 0.262 e. The largest absolute Gasteiger partial charge is 0.490 e. The van der Waals surface area contributed by atoms with Crippen molar-refractivity contribution in [2.75, 3.05) is 55.6 Å². The molecule has 308 valence electrons. The molecule has 1 aromatic heterocycles. The molecule has 2 N–H and O–H groups in total. The van der Waals surface area contributed by atoms with E-state index in [9.17, 15) is 29.2 Å². The lowest BCUT2D eigenvalue weighted by Gasteiger charge is -2.40. The molecule has 1 aliphatic carbocycles. The maximum absolute atomic E-state index is 13.3. The average Bonchev–Trinajstić information content (AvgIpc) is 3.52. The Kier molecular flexibility index (Phi) is 10.9. The van der Waals surface area contributed by atoms with Crippen LogP contribution in [0.15, 0.2) is 72.9 Å². The van der Waals surface area contributed by atoms with E-state index >= 15 is 0 Å². The number of hydrogen-bond donors (Lipinski definition) is 2. The molecule has 4 aromatic rings. The number of fused-ring (bicyclic) bond motifs is 2. The van der Waals surface area contributed by atoms with Gasteiger partial charge in [0.25, 0.3) is 17.7 Å². The molecule has 1 atom stereocenters. The highest BCUT2D eigenvalue weighted by atomic mass is 16.5. The van der Waals surface area contributed by atoms with Crippen LogP contribution in [-0.4, -0.2) is 108 Å². The molecule has 9 rings (SSSR count). The van der Waals surface area contributed by atoms with Gasteiger partial charge in [0.2, 0.25) is 11.8 Å². The van der Waals surface area contributed by atoms with Crippen molar-refractivity contribution in [2.24, 2.45) is 5.92 Å². The Morgan fingerprint density at radius 1 is 0.800 bits per heavy atom. The molecular weight excluding hydrogens is 761 g/mol. The molecule has 14 nitrogen and oxygen atoms in total. The van der Waals surface area contributed by atoms with Crippen molar-refractivity contribution >= 4 is 51.8 Å². The zero-order valence-corrected chi connectivity index (χ0v) is 33.5. The lowest BCUT2D eigenvalue weighted by Crippen LogP contribution is -2.54. The third-order valence-corrected chi connectivity index (χ3v) is 12.9. The van der Waals surface area contributed by atoms with Gasteiger partial charge < -0.3 is 19.9 Å². The van der Waals surface area contributed by atoms with E-state index in [0.29, 0.717) is 33.7 Å². The van der Waals surface area contributed by atoms with Gasteiger partial charge in [-0.3, -0.25) is 44.1 Å². The topological polar surface area (TPSA) is 168 Å². The molecule has 4 aliphatic heterocycles. The minimum Gasteiger partial charge on any atom is -0.490 e. The zero-order chi connectivity index (χ0) is 41.3. The fourth-order valence-corrected chi connectivity index (χ4v) is 9.52. The molecular formula is C46H48N8O6. The minimum atomic E-state index is -0.971. The fourth-order valence-electron chi connectivity index (χ4n) is 9.52. The van der Waals surface area contributed by atoms with Gasteiger partial charge >= 0.3 is 0 Å². The predicted octanol–water partition coefficient (Wildman–Crippen LogP) is 4.67. The molecule has 4 fully saturated rings. The van der Waals surface area contributed by atoms with Crippen molar-refractivity contribution in [2.45, 2.75) is 69.6 Å². The monoisotopic (exact) mass is 808 g/mol. The number of benzene rings is 3.